The van der Waals surface area contributed by atoms with Crippen LogP contribution in [0.15, 0.2) is 29.2 Å². The van der Waals surface area contributed by atoms with E-state index in [1.807, 2.05) is 20.8 Å². The molecule has 0 saturated carbocycles. The Morgan fingerprint density at radius 3 is 2.00 bits per heavy atom. The summed E-state index contributed by atoms with van der Waals surface area (Å²) in [5.41, 5.74) is -0.551. The van der Waals surface area contributed by atoms with Crippen LogP contribution in [0.3, 0.4) is 0 Å². The van der Waals surface area contributed by atoms with Crippen LogP contribution in [-0.2, 0) is 6.18 Å². The molecule has 0 fully saturated rings. The molecule has 0 amide bonds. The summed E-state index contributed by atoms with van der Waals surface area (Å²) >= 11 is 1.23. The first kappa shape index (κ1) is 12.4. The Kier molecular flexibility index (Phi) is 3.38. The molecular weight excluding hydrogens is 221 g/mol. The van der Waals surface area contributed by atoms with Crippen molar-refractivity contribution in [2.75, 3.05) is 0 Å². The van der Waals surface area contributed by atoms with Crippen molar-refractivity contribution in [2.24, 2.45) is 0 Å². The molecule has 1 aromatic rings. The van der Waals surface area contributed by atoms with Crippen molar-refractivity contribution in [3.8, 4) is 0 Å². The van der Waals surface area contributed by atoms with Crippen LogP contribution in [-0.4, -0.2) is 4.75 Å². The van der Waals surface area contributed by atoms with E-state index < -0.39 is 11.7 Å². The summed E-state index contributed by atoms with van der Waals surface area (Å²) < 4.78 is 37.6. The molecule has 0 spiro atoms. The van der Waals surface area contributed by atoms with Gasteiger partial charge in [-0.2, -0.15) is 13.2 Å². The van der Waals surface area contributed by atoms with Crippen LogP contribution in [0.5, 0.6) is 0 Å². The molecule has 0 bridgehead atoms. The fourth-order valence-electron chi connectivity index (χ4n) is 1.12. The van der Waals surface area contributed by atoms with Gasteiger partial charge in [-0.1, -0.05) is 32.9 Å². The zero-order chi connectivity index (χ0) is 11.7. The summed E-state index contributed by atoms with van der Waals surface area (Å²) in [4.78, 5) is 0.289. The summed E-state index contributed by atoms with van der Waals surface area (Å²) in [7, 11) is 0. The van der Waals surface area contributed by atoms with Crippen molar-refractivity contribution in [3.05, 3.63) is 29.8 Å². The highest BCUT2D eigenvalue weighted by molar-refractivity contribution is 8.00. The summed E-state index contributed by atoms with van der Waals surface area (Å²) in [6, 6.07) is 5.67. The molecule has 0 unspecified atom stereocenters. The van der Waals surface area contributed by atoms with Crippen molar-refractivity contribution in [2.45, 2.75) is 36.6 Å². The number of benzene rings is 1. The highest BCUT2D eigenvalue weighted by atomic mass is 32.2. The quantitative estimate of drug-likeness (QED) is 0.640. The monoisotopic (exact) mass is 234 g/mol. The first-order valence-corrected chi connectivity index (χ1v) is 5.37. The molecule has 4 heteroatoms. The predicted octanol–water partition coefficient (Wildman–Crippen LogP) is 4.60. The topological polar surface area (TPSA) is 0 Å². The van der Waals surface area contributed by atoms with Gasteiger partial charge in [0.2, 0.25) is 0 Å². The van der Waals surface area contributed by atoms with Gasteiger partial charge < -0.3 is 0 Å². The highest BCUT2D eigenvalue weighted by Crippen LogP contribution is 2.40. The molecule has 0 atom stereocenters. The molecule has 1 aromatic carbocycles. The maximum Gasteiger partial charge on any atom is 0.417 e. The molecule has 1 rings (SSSR count). The molecule has 0 radical (unpaired) electrons. The van der Waals surface area contributed by atoms with Gasteiger partial charge >= 0.3 is 6.18 Å². The SMILES string of the molecule is CC(C)(C)Sc1ccccc1C(F)(F)F. The van der Waals surface area contributed by atoms with E-state index in [-0.39, 0.29) is 9.64 Å². The van der Waals surface area contributed by atoms with Crippen molar-refractivity contribution in [1.82, 2.24) is 0 Å². The van der Waals surface area contributed by atoms with Gasteiger partial charge in [0.1, 0.15) is 0 Å². The van der Waals surface area contributed by atoms with E-state index in [0.717, 1.165) is 6.07 Å². The van der Waals surface area contributed by atoms with Crippen LogP contribution in [0.25, 0.3) is 0 Å². The smallest absolute Gasteiger partial charge is 0.166 e. The Morgan fingerprint density at radius 2 is 1.53 bits per heavy atom. The van der Waals surface area contributed by atoms with E-state index in [0.29, 0.717) is 0 Å². The number of hydrogen-bond donors (Lipinski definition) is 0. The van der Waals surface area contributed by atoms with Crippen molar-refractivity contribution in [3.63, 3.8) is 0 Å². The zero-order valence-corrected chi connectivity index (χ0v) is 9.67. The van der Waals surface area contributed by atoms with Gasteiger partial charge in [0, 0.05) is 9.64 Å². The average molecular weight is 234 g/mol. The van der Waals surface area contributed by atoms with Gasteiger partial charge in [-0.05, 0) is 12.1 Å². The lowest BCUT2D eigenvalue weighted by Crippen LogP contribution is -2.11. The predicted molar refractivity (Wildman–Crippen MR) is 57.1 cm³/mol. The molecule has 0 saturated heterocycles. The van der Waals surface area contributed by atoms with Gasteiger partial charge in [0.05, 0.1) is 5.56 Å². The molecule has 0 aliphatic heterocycles. The number of thioether (sulfide) groups is 1. The molecule has 0 N–H and O–H groups in total. The Bertz CT molecular complexity index is 336. The molecule has 0 aliphatic rings. The summed E-state index contributed by atoms with van der Waals surface area (Å²) in [6.07, 6.45) is -4.27. The minimum Gasteiger partial charge on any atom is -0.166 e. The van der Waals surface area contributed by atoms with Crippen LogP contribution in [0.1, 0.15) is 26.3 Å². The summed E-state index contributed by atoms with van der Waals surface area (Å²) in [6.45, 7) is 5.68. The van der Waals surface area contributed by atoms with E-state index in [9.17, 15) is 13.2 Å². The van der Waals surface area contributed by atoms with Crippen molar-refractivity contribution < 1.29 is 13.2 Å². The molecule has 0 aliphatic carbocycles. The Balaban J connectivity index is 3.08. The van der Waals surface area contributed by atoms with Gasteiger partial charge in [-0.15, -0.1) is 11.8 Å². The lowest BCUT2D eigenvalue weighted by molar-refractivity contribution is -0.139. The molecule has 84 valence electrons. The summed E-state index contributed by atoms with van der Waals surface area (Å²) in [5.74, 6) is 0. The Hall–Kier alpha value is -0.640. The molecule has 0 nitrogen and oxygen atoms in total. The summed E-state index contributed by atoms with van der Waals surface area (Å²) in [5, 5.41) is 0. The third-order valence-corrected chi connectivity index (χ3v) is 2.80. The van der Waals surface area contributed by atoms with Gasteiger partial charge in [0.25, 0.3) is 0 Å². The fourth-order valence-corrected chi connectivity index (χ4v) is 2.22. The lowest BCUT2D eigenvalue weighted by atomic mass is 10.2. The van der Waals surface area contributed by atoms with Gasteiger partial charge in [-0.3, -0.25) is 0 Å². The third kappa shape index (κ3) is 3.78. The Morgan fingerprint density at radius 1 is 1.00 bits per heavy atom. The average Bonchev–Trinajstić information content (AvgIpc) is 1.99. The second kappa shape index (κ2) is 4.08. The zero-order valence-electron chi connectivity index (χ0n) is 8.85. The number of hydrogen-bond acceptors (Lipinski definition) is 1. The minimum atomic E-state index is -4.27. The fraction of sp³-hybridized carbons (Fsp3) is 0.455. The van der Waals surface area contributed by atoms with Crippen LogP contribution >= 0.6 is 11.8 Å². The minimum absolute atomic E-state index is 0.221. The van der Waals surface area contributed by atoms with Crippen LogP contribution in [0, 0.1) is 0 Å². The van der Waals surface area contributed by atoms with Crippen molar-refractivity contribution >= 4 is 11.8 Å². The molecule has 0 aromatic heterocycles. The molecule has 0 heterocycles. The Labute approximate surface area is 91.9 Å². The number of rotatable bonds is 1. The lowest BCUT2D eigenvalue weighted by Gasteiger charge is -2.20. The second-order valence-electron chi connectivity index (χ2n) is 4.21. The maximum atomic E-state index is 12.6. The van der Waals surface area contributed by atoms with E-state index in [2.05, 4.69) is 0 Å². The van der Waals surface area contributed by atoms with Crippen LogP contribution in [0.2, 0.25) is 0 Å². The van der Waals surface area contributed by atoms with Crippen molar-refractivity contribution in [1.29, 1.82) is 0 Å². The first-order valence-electron chi connectivity index (χ1n) is 4.55. The van der Waals surface area contributed by atoms with E-state index in [1.165, 1.54) is 23.9 Å². The largest absolute Gasteiger partial charge is 0.417 e. The third-order valence-electron chi connectivity index (χ3n) is 1.61. The van der Waals surface area contributed by atoms with E-state index in [4.69, 9.17) is 0 Å². The normalized spacial score (nSPS) is 12.9. The number of halogens is 3. The van der Waals surface area contributed by atoms with Crippen LogP contribution < -0.4 is 0 Å². The molecule has 15 heavy (non-hydrogen) atoms. The van der Waals surface area contributed by atoms with Gasteiger partial charge in [-0.25, -0.2) is 0 Å². The molecular formula is C11H13F3S. The maximum absolute atomic E-state index is 12.6. The van der Waals surface area contributed by atoms with E-state index >= 15 is 0 Å². The standard InChI is InChI=1S/C11H13F3S/c1-10(2,3)15-9-7-5-4-6-8(9)11(12,13)14/h4-7H,1-3H3. The highest BCUT2D eigenvalue weighted by Gasteiger charge is 2.34. The van der Waals surface area contributed by atoms with Gasteiger partial charge in [0.15, 0.2) is 0 Å². The van der Waals surface area contributed by atoms with Crippen LogP contribution in [0.4, 0.5) is 13.2 Å². The second-order valence-corrected chi connectivity index (χ2v) is 6.08. The van der Waals surface area contributed by atoms with E-state index in [1.54, 1.807) is 6.07 Å². The number of alkyl halides is 3. The first-order chi connectivity index (χ1) is 6.70.